The second-order valence-corrected chi connectivity index (χ2v) is 4.69. The average Bonchev–Trinajstić information content (AvgIpc) is 2.89. The molecular weight excluding hydrogens is 286 g/mol. The molecule has 0 radical (unpaired) electrons. The van der Waals surface area contributed by atoms with Crippen LogP contribution >= 0.6 is 0 Å². The highest BCUT2D eigenvalue weighted by atomic mass is 16.5. The highest BCUT2D eigenvalue weighted by Gasteiger charge is 2.17. The van der Waals surface area contributed by atoms with E-state index in [1.54, 1.807) is 29.0 Å². The van der Waals surface area contributed by atoms with Gasteiger partial charge in [-0.3, -0.25) is 9.59 Å². The van der Waals surface area contributed by atoms with Gasteiger partial charge in [-0.2, -0.15) is 0 Å². The summed E-state index contributed by atoms with van der Waals surface area (Å²) in [5.41, 5.74) is 7.05. The summed E-state index contributed by atoms with van der Waals surface area (Å²) in [6.07, 6.45) is 5.30. The lowest BCUT2D eigenvalue weighted by atomic mass is 10.1. The maximum atomic E-state index is 11.4. The van der Waals surface area contributed by atoms with E-state index in [1.807, 2.05) is 6.20 Å². The van der Waals surface area contributed by atoms with Crippen LogP contribution in [0.25, 0.3) is 17.5 Å². The van der Waals surface area contributed by atoms with Crippen molar-refractivity contribution in [3.63, 3.8) is 0 Å². The highest BCUT2D eigenvalue weighted by Crippen LogP contribution is 2.31. The molecule has 7 nitrogen and oxygen atoms in total. The SMILES string of the molecule is COc1cc(C(N)=O)ccc1-c1cn2c(n1)CC(=O)C=C2.O. The Balaban J connectivity index is 0.00000176. The van der Waals surface area contributed by atoms with Gasteiger partial charge in [0.25, 0.3) is 0 Å². The first-order valence-corrected chi connectivity index (χ1v) is 6.35. The molecule has 0 bridgehead atoms. The normalized spacial score (nSPS) is 12.5. The van der Waals surface area contributed by atoms with Gasteiger partial charge in [0.2, 0.25) is 5.91 Å². The molecule has 0 spiro atoms. The summed E-state index contributed by atoms with van der Waals surface area (Å²) >= 11 is 0. The molecule has 3 rings (SSSR count). The first-order chi connectivity index (χ1) is 10.1. The first kappa shape index (κ1) is 15.5. The standard InChI is InChI=1S/C15H13N3O3.H2O/c1-21-13-6-9(15(16)20)2-3-11(13)12-8-18-5-4-10(19)7-14(18)17-12;/h2-6,8H,7H2,1H3,(H2,16,20);1H2. The number of allylic oxidation sites excluding steroid dienone is 1. The van der Waals surface area contributed by atoms with Gasteiger partial charge in [0.05, 0.1) is 19.2 Å². The Morgan fingerprint density at radius 2 is 2.18 bits per heavy atom. The Hall–Kier alpha value is -2.93. The van der Waals surface area contributed by atoms with Gasteiger partial charge in [-0.15, -0.1) is 0 Å². The molecule has 1 aliphatic heterocycles. The quantitative estimate of drug-likeness (QED) is 0.883. The minimum absolute atomic E-state index is 0. The van der Waals surface area contributed by atoms with Gasteiger partial charge in [0.1, 0.15) is 11.6 Å². The van der Waals surface area contributed by atoms with Gasteiger partial charge in [-0.05, 0) is 24.3 Å². The molecule has 0 saturated heterocycles. The molecule has 22 heavy (non-hydrogen) atoms. The Morgan fingerprint density at radius 3 is 2.86 bits per heavy atom. The number of ketones is 1. The Morgan fingerprint density at radius 1 is 1.41 bits per heavy atom. The fraction of sp³-hybridized carbons (Fsp3) is 0.133. The van der Waals surface area contributed by atoms with Crippen molar-refractivity contribution in [1.82, 2.24) is 9.55 Å². The number of hydrogen-bond acceptors (Lipinski definition) is 4. The van der Waals surface area contributed by atoms with E-state index < -0.39 is 5.91 Å². The van der Waals surface area contributed by atoms with Crippen LogP contribution in [0.4, 0.5) is 0 Å². The lowest BCUT2D eigenvalue weighted by molar-refractivity contribution is -0.114. The summed E-state index contributed by atoms with van der Waals surface area (Å²) in [5, 5.41) is 0. The number of aromatic nitrogens is 2. The molecule has 0 unspecified atom stereocenters. The molecule has 1 aliphatic rings. The number of nitrogens with zero attached hydrogens (tertiary/aromatic N) is 2. The second-order valence-electron chi connectivity index (χ2n) is 4.69. The van der Waals surface area contributed by atoms with Crippen molar-refractivity contribution in [3.05, 3.63) is 41.9 Å². The topological polar surface area (TPSA) is 119 Å². The molecule has 0 fully saturated rings. The van der Waals surface area contributed by atoms with E-state index >= 15 is 0 Å². The van der Waals surface area contributed by atoms with Gasteiger partial charge in [0.15, 0.2) is 5.78 Å². The van der Waals surface area contributed by atoms with E-state index in [1.165, 1.54) is 13.2 Å². The number of carbonyl (C=O) groups excluding carboxylic acids is 2. The zero-order valence-corrected chi connectivity index (χ0v) is 11.9. The minimum atomic E-state index is -0.516. The maximum Gasteiger partial charge on any atom is 0.248 e. The van der Waals surface area contributed by atoms with Crippen molar-refractivity contribution in [2.24, 2.45) is 5.73 Å². The summed E-state index contributed by atoms with van der Waals surface area (Å²) < 4.78 is 7.11. The third-order valence-corrected chi connectivity index (χ3v) is 3.32. The summed E-state index contributed by atoms with van der Waals surface area (Å²) in [6.45, 7) is 0. The van der Waals surface area contributed by atoms with Crippen molar-refractivity contribution < 1.29 is 19.8 Å². The van der Waals surface area contributed by atoms with Crippen LogP contribution in [-0.2, 0) is 11.2 Å². The monoisotopic (exact) mass is 301 g/mol. The Labute approximate surface area is 126 Å². The number of fused-ring (bicyclic) bond motifs is 1. The molecular formula is C15H15N3O4. The summed E-state index contributed by atoms with van der Waals surface area (Å²) in [5.74, 6) is 0.698. The number of primary amides is 1. The molecule has 2 heterocycles. The molecule has 1 amide bonds. The third-order valence-electron chi connectivity index (χ3n) is 3.32. The number of carbonyl (C=O) groups is 2. The Bertz CT molecular complexity index is 777. The van der Waals surface area contributed by atoms with Crippen molar-refractivity contribution in [2.75, 3.05) is 7.11 Å². The van der Waals surface area contributed by atoms with Crippen LogP contribution in [0, 0.1) is 0 Å². The summed E-state index contributed by atoms with van der Waals surface area (Å²) in [6, 6.07) is 4.94. The predicted octanol–water partition coefficient (Wildman–Crippen LogP) is 0.429. The van der Waals surface area contributed by atoms with Crippen molar-refractivity contribution in [2.45, 2.75) is 6.42 Å². The Kier molecular flexibility index (Phi) is 4.09. The lowest BCUT2D eigenvalue weighted by Gasteiger charge is -2.07. The number of amides is 1. The zero-order valence-electron chi connectivity index (χ0n) is 11.9. The molecule has 1 aromatic carbocycles. The van der Waals surface area contributed by atoms with E-state index in [0.717, 1.165) is 5.56 Å². The second kappa shape index (κ2) is 5.82. The van der Waals surface area contributed by atoms with Crippen LogP contribution in [0.5, 0.6) is 5.75 Å². The summed E-state index contributed by atoms with van der Waals surface area (Å²) in [4.78, 5) is 27.1. The lowest BCUT2D eigenvalue weighted by Crippen LogP contribution is -2.10. The fourth-order valence-corrected chi connectivity index (χ4v) is 2.26. The number of ether oxygens (including phenoxy) is 1. The molecule has 1 aromatic heterocycles. The van der Waals surface area contributed by atoms with Gasteiger partial charge in [0, 0.05) is 23.5 Å². The van der Waals surface area contributed by atoms with Crippen molar-refractivity contribution >= 4 is 17.9 Å². The molecule has 0 aliphatic carbocycles. The predicted molar refractivity (Wildman–Crippen MR) is 80.4 cm³/mol. The van der Waals surface area contributed by atoms with E-state index in [2.05, 4.69) is 4.98 Å². The van der Waals surface area contributed by atoms with Crippen LogP contribution in [0.2, 0.25) is 0 Å². The summed E-state index contributed by atoms with van der Waals surface area (Å²) in [7, 11) is 1.52. The van der Waals surface area contributed by atoms with E-state index in [0.29, 0.717) is 22.8 Å². The minimum Gasteiger partial charge on any atom is -0.496 e. The highest BCUT2D eigenvalue weighted by molar-refractivity contribution is 5.95. The van der Waals surface area contributed by atoms with Crippen LogP contribution in [-0.4, -0.2) is 33.8 Å². The zero-order chi connectivity index (χ0) is 15.0. The van der Waals surface area contributed by atoms with Crippen LogP contribution in [0.1, 0.15) is 16.2 Å². The third kappa shape index (κ3) is 2.61. The van der Waals surface area contributed by atoms with Crippen LogP contribution in [0.15, 0.2) is 30.5 Å². The van der Waals surface area contributed by atoms with E-state index in [4.69, 9.17) is 10.5 Å². The first-order valence-electron chi connectivity index (χ1n) is 6.35. The fourth-order valence-electron chi connectivity index (χ4n) is 2.26. The number of benzene rings is 1. The molecule has 2 aromatic rings. The van der Waals surface area contributed by atoms with E-state index in [9.17, 15) is 9.59 Å². The maximum absolute atomic E-state index is 11.4. The molecule has 4 N–H and O–H groups in total. The van der Waals surface area contributed by atoms with Gasteiger partial charge in [-0.1, -0.05) is 0 Å². The molecule has 0 saturated carbocycles. The van der Waals surface area contributed by atoms with Gasteiger partial charge >= 0.3 is 0 Å². The molecule has 0 atom stereocenters. The number of hydrogen-bond donors (Lipinski definition) is 1. The molecule has 114 valence electrons. The number of methoxy groups -OCH3 is 1. The van der Waals surface area contributed by atoms with Crippen molar-refractivity contribution in [1.29, 1.82) is 0 Å². The van der Waals surface area contributed by atoms with E-state index in [-0.39, 0.29) is 17.7 Å². The van der Waals surface area contributed by atoms with Gasteiger partial charge in [-0.25, -0.2) is 4.98 Å². The number of nitrogens with two attached hydrogens (primary N) is 1. The largest absolute Gasteiger partial charge is 0.496 e. The van der Waals surface area contributed by atoms with Crippen LogP contribution < -0.4 is 10.5 Å². The number of imidazole rings is 1. The average molecular weight is 301 g/mol. The number of rotatable bonds is 3. The smallest absolute Gasteiger partial charge is 0.248 e. The van der Waals surface area contributed by atoms with Gasteiger partial charge < -0.3 is 20.5 Å². The van der Waals surface area contributed by atoms with Crippen LogP contribution in [0.3, 0.4) is 0 Å². The van der Waals surface area contributed by atoms with Crippen molar-refractivity contribution in [3.8, 4) is 17.0 Å². The molecule has 7 heteroatoms.